The normalized spacial score (nSPS) is 25.4. The fraction of sp³-hybridized carbons (Fsp3) is 0.200. The van der Waals surface area contributed by atoms with Gasteiger partial charge in [0.15, 0.2) is 5.78 Å². The molecule has 3 rings (SSSR count). The first-order chi connectivity index (χ1) is 8.78. The molecule has 0 N–H and O–H groups in total. The summed E-state index contributed by atoms with van der Waals surface area (Å²) in [4.78, 5) is 13.3. The fourth-order valence-electron chi connectivity index (χ4n) is 2.37. The van der Waals surface area contributed by atoms with Crippen molar-refractivity contribution >= 4 is 17.1 Å². The second-order valence-electron chi connectivity index (χ2n) is 4.55. The van der Waals surface area contributed by atoms with E-state index in [1.165, 1.54) is 0 Å². The summed E-state index contributed by atoms with van der Waals surface area (Å²) >= 11 is 1.56. The van der Waals surface area contributed by atoms with E-state index in [9.17, 15) is 10.1 Å². The summed E-state index contributed by atoms with van der Waals surface area (Å²) in [6.07, 6.45) is 0.651. The lowest BCUT2D eigenvalue weighted by molar-refractivity contribution is 0.0961. The standard InChI is InChI=1S/C15H11NOS/c16-10-15(13-7-4-8-18-13)9-12(15)14(17)11-5-2-1-3-6-11/h1-8,12H,9H2/t12-,15+/m0/s1. The molecule has 18 heavy (non-hydrogen) atoms. The van der Waals surface area contributed by atoms with Gasteiger partial charge in [-0.15, -0.1) is 11.3 Å². The highest BCUT2D eigenvalue weighted by Crippen LogP contribution is 2.56. The van der Waals surface area contributed by atoms with Crippen molar-refractivity contribution in [1.29, 1.82) is 5.26 Å². The molecule has 0 aliphatic heterocycles. The average Bonchev–Trinajstić information content (AvgIpc) is 2.92. The van der Waals surface area contributed by atoms with Crippen LogP contribution in [0.2, 0.25) is 0 Å². The maximum Gasteiger partial charge on any atom is 0.167 e. The molecule has 1 aromatic carbocycles. The smallest absolute Gasteiger partial charge is 0.167 e. The van der Waals surface area contributed by atoms with Gasteiger partial charge < -0.3 is 0 Å². The van der Waals surface area contributed by atoms with Crippen molar-refractivity contribution in [2.45, 2.75) is 11.8 Å². The number of hydrogen-bond donors (Lipinski definition) is 0. The number of rotatable bonds is 3. The van der Waals surface area contributed by atoms with E-state index in [-0.39, 0.29) is 11.7 Å². The van der Waals surface area contributed by atoms with Crippen molar-refractivity contribution in [3.8, 4) is 6.07 Å². The molecule has 1 saturated carbocycles. The molecule has 0 bridgehead atoms. The average molecular weight is 253 g/mol. The maximum atomic E-state index is 12.3. The first kappa shape index (κ1) is 11.2. The highest BCUT2D eigenvalue weighted by atomic mass is 32.1. The van der Waals surface area contributed by atoms with Crippen LogP contribution >= 0.6 is 11.3 Å². The topological polar surface area (TPSA) is 40.9 Å². The van der Waals surface area contributed by atoms with Crippen molar-refractivity contribution in [2.75, 3.05) is 0 Å². The number of carbonyl (C=O) groups excluding carboxylic acids is 1. The van der Waals surface area contributed by atoms with Crippen molar-refractivity contribution in [2.24, 2.45) is 5.92 Å². The molecule has 0 saturated heterocycles. The van der Waals surface area contributed by atoms with E-state index < -0.39 is 5.41 Å². The zero-order valence-electron chi connectivity index (χ0n) is 9.67. The zero-order valence-corrected chi connectivity index (χ0v) is 10.5. The number of benzene rings is 1. The summed E-state index contributed by atoms with van der Waals surface area (Å²) in [5.41, 5.74) is 0.136. The van der Waals surface area contributed by atoms with E-state index in [4.69, 9.17) is 0 Å². The lowest BCUT2D eigenvalue weighted by atomic mass is 9.98. The highest BCUT2D eigenvalue weighted by molar-refractivity contribution is 7.10. The molecule has 1 aliphatic carbocycles. The van der Waals surface area contributed by atoms with E-state index in [1.807, 2.05) is 47.8 Å². The van der Waals surface area contributed by atoms with Crippen LogP contribution in [-0.2, 0) is 5.41 Å². The predicted molar refractivity (Wildman–Crippen MR) is 70.5 cm³/mol. The number of nitriles is 1. The van der Waals surface area contributed by atoms with Gasteiger partial charge in [-0.25, -0.2) is 0 Å². The first-order valence-electron chi connectivity index (χ1n) is 5.82. The van der Waals surface area contributed by atoms with Gasteiger partial charge in [-0.05, 0) is 17.9 Å². The first-order valence-corrected chi connectivity index (χ1v) is 6.70. The summed E-state index contributed by atoms with van der Waals surface area (Å²) in [5.74, 6) is -0.0888. The molecule has 2 atom stereocenters. The molecule has 0 spiro atoms. The molecule has 3 heteroatoms. The van der Waals surface area contributed by atoms with Crippen molar-refractivity contribution in [1.82, 2.24) is 0 Å². The lowest BCUT2D eigenvalue weighted by Gasteiger charge is -2.05. The second kappa shape index (κ2) is 4.08. The Bertz CT molecular complexity index is 612. The van der Waals surface area contributed by atoms with Gasteiger partial charge in [0.05, 0.1) is 6.07 Å². The summed E-state index contributed by atoms with van der Waals surface area (Å²) in [5, 5.41) is 11.4. The van der Waals surface area contributed by atoms with Crippen LogP contribution in [0.1, 0.15) is 21.7 Å². The van der Waals surface area contributed by atoms with E-state index in [0.29, 0.717) is 12.0 Å². The van der Waals surface area contributed by atoms with Crippen LogP contribution < -0.4 is 0 Å². The Morgan fingerprint density at radius 3 is 2.67 bits per heavy atom. The minimum atomic E-state index is -0.568. The molecule has 88 valence electrons. The maximum absolute atomic E-state index is 12.3. The van der Waals surface area contributed by atoms with Crippen molar-refractivity contribution < 1.29 is 4.79 Å². The SMILES string of the molecule is N#C[C@]1(c2cccs2)C[C@H]1C(=O)c1ccccc1. The largest absolute Gasteiger partial charge is 0.294 e. The number of Topliss-reactive ketones (excluding diaryl/α,β-unsaturated/α-hetero) is 1. The zero-order chi connectivity index (χ0) is 12.6. The molecule has 2 nitrogen and oxygen atoms in total. The van der Waals surface area contributed by atoms with Crippen LogP contribution in [0.25, 0.3) is 0 Å². The quantitative estimate of drug-likeness (QED) is 0.786. The lowest BCUT2D eigenvalue weighted by Crippen LogP contribution is -2.12. The van der Waals surface area contributed by atoms with Crippen LogP contribution in [0.3, 0.4) is 0 Å². The summed E-state index contributed by atoms with van der Waals surface area (Å²) in [6, 6.07) is 15.5. The van der Waals surface area contributed by atoms with Crippen LogP contribution in [0.5, 0.6) is 0 Å². The third kappa shape index (κ3) is 1.58. The van der Waals surface area contributed by atoms with E-state index >= 15 is 0 Å². The highest BCUT2D eigenvalue weighted by Gasteiger charge is 2.60. The molecular weight excluding hydrogens is 242 g/mol. The van der Waals surface area contributed by atoms with Gasteiger partial charge in [0.25, 0.3) is 0 Å². The molecule has 1 heterocycles. The van der Waals surface area contributed by atoms with Crippen molar-refractivity contribution in [3.63, 3.8) is 0 Å². The predicted octanol–water partition coefficient (Wildman–Crippen LogP) is 3.41. The molecule has 0 amide bonds. The monoisotopic (exact) mass is 253 g/mol. The van der Waals surface area contributed by atoms with Gasteiger partial charge in [0.2, 0.25) is 0 Å². The molecule has 1 aliphatic rings. The molecule has 0 unspecified atom stereocenters. The van der Waals surface area contributed by atoms with Crippen LogP contribution in [0.4, 0.5) is 0 Å². The second-order valence-corrected chi connectivity index (χ2v) is 5.50. The summed E-state index contributed by atoms with van der Waals surface area (Å²) in [7, 11) is 0. The molecule has 2 aromatic rings. The molecule has 0 radical (unpaired) electrons. The third-order valence-electron chi connectivity index (χ3n) is 3.50. The van der Waals surface area contributed by atoms with Gasteiger partial charge in [0.1, 0.15) is 5.41 Å². The summed E-state index contributed by atoms with van der Waals surface area (Å²) in [6.45, 7) is 0. The van der Waals surface area contributed by atoms with Gasteiger partial charge >= 0.3 is 0 Å². The minimum Gasteiger partial charge on any atom is -0.294 e. The number of ketones is 1. The summed E-state index contributed by atoms with van der Waals surface area (Å²) < 4.78 is 0. The number of carbonyl (C=O) groups is 1. The Balaban J connectivity index is 1.90. The van der Waals surface area contributed by atoms with Gasteiger partial charge in [-0.1, -0.05) is 36.4 Å². The number of nitrogens with zero attached hydrogens (tertiary/aromatic N) is 1. The fourth-order valence-corrected chi connectivity index (χ4v) is 3.31. The number of thiophene rings is 1. The Morgan fingerprint density at radius 1 is 1.28 bits per heavy atom. The Kier molecular flexibility index (Phi) is 2.53. The van der Waals surface area contributed by atoms with Gasteiger partial charge in [0, 0.05) is 16.4 Å². The van der Waals surface area contributed by atoms with Crippen LogP contribution in [0, 0.1) is 17.2 Å². The van der Waals surface area contributed by atoms with E-state index in [1.54, 1.807) is 11.3 Å². The Morgan fingerprint density at radius 2 is 2.06 bits per heavy atom. The van der Waals surface area contributed by atoms with Crippen LogP contribution in [-0.4, -0.2) is 5.78 Å². The molecule has 1 fully saturated rings. The number of hydrogen-bond acceptors (Lipinski definition) is 3. The Hall–Kier alpha value is -1.92. The Labute approximate surface area is 110 Å². The van der Waals surface area contributed by atoms with Crippen molar-refractivity contribution in [3.05, 3.63) is 58.3 Å². The van der Waals surface area contributed by atoms with Crippen LogP contribution in [0.15, 0.2) is 47.8 Å². The van der Waals surface area contributed by atoms with E-state index in [2.05, 4.69) is 6.07 Å². The molecule has 1 aromatic heterocycles. The third-order valence-corrected chi connectivity index (χ3v) is 4.54. The van der Waals surface area contributed by atoms with Gasteiger partial charge in [-0.2, -0.15) is 5.26 Å². The van der Waals surface area contributed by atoms with E-state index in [0.717, 1.165) is 4.88 Å². The van der Waals surface area contributed by atoms with Gasteiger partial charge in [-0.3, -0.25) is 4.79 Å². The molecular formula is C15H11NOS. The minimum absolute atomic E-state index is 0.0885.